The van der Waals surface area contributed by atoms with E-state index < -0.39 is 11.9 Å². The van der Waals surface area contributed by atoms with Gasteiger partial charge in [0, 0.05) is 12.1 Å². The lowest BCUT2D eigenvalue weighted by molar-refractivity contribution is 0.0602. The van der Waals surface area contributed by atoms with E-state index in [1.54, 1.807) is 12.1 Å². The molecule has 0 spiro atoms. The highest BCUT2D eigenvalue weighted by molar-refractivity contribution is 6.09. The van der Waals surface area contributed by atoms with Crippen LogP contribution in [0, 0.1) is 0 Å². The molecule has 0 aliphatic rings. The zero-order valence-corrected chi connectivity index (χ0v) is 13.5. The molecule has 2 aromatic carbocycles. The minimum atomic E-state index is -0.605. The van der Waals surface area contributed by atoms with E-state index in [4.69, 9.17) is 14.2 Å². The monoisotopic (exact) mass is 331 g/mol. The SMILES string of the molecule is COC(=O)c1ccc(OC)cc1NC(=O)c1ccc(OC)cc1O. The largest absolute Gasteiger partial charge is 0.507 e. The molecule has 0 aliphatic heterocycles. The molecule has 7 nitrogen and oxygen atoms in total. The maximum atomic E-state index is 12.4. The predicted octanol–water partition coefficient (Wildman–Crippen LogP) is 2.45. The van der Waals surface area contributed by atoms with Gasteiger partial charge in [0.2, 0.25) is 0 Å². The van der Waals surface area contributed by atoms with E-state index in [1.165, 1.54) is 45.6 Å². The third-order valence-corrected chi connectivity index (χ3v) is 3.33. The van der Waals surface area contributed by atoms with E-state index in [1.807, 2.05) is 0 Å². The number of ether oxygens (including phenoxy) is 3. The highest BCUT2D eigenvalue weighted by atomic mass is 16.5. The first-order chi connectivity index (χ1) is 11.5. The van der Waals surface area contributed by atoms with Crippen molar-refractivity contribution in [3.63, 3.8) is 0 Å². The minimum absolute atomic E-state index is 0.0365. The van der Waals surface area contributed by atoms with Crippen LogP contribution in [0.4, 0.5) is 5.69 Å². The van der Waals surface area contributed by atoms with Crippen LogP contribution in [0.5, 0.6) is 17.2 Å². The molecule has 0 heterocycles. The Bertz CT molecular complexity index is 772. The molecule has 0 saturated heterocycles. The fraction of sp³-hybridized carbons (Fsp3) is 0.176. The average molecular weight is 331 g/mol. The standard InChI is InChI=1S/C17H17NO6/c1-22-10-4-6-12(17(21)24-3)14(8-10)18-16(20)13-7-5-11(23-2)9-15(13)19/h4-9,19H,1-3H3,(H,18,20). The van der Waals surface area contributed by atoms with Crippen LogP contribution in [0.15, 0.2) is 36.4 Å². The van der Waals surface area contributed by atoms with Crippen molar-refractivity contribution >= 4 is 17.6 Å². The molecular weight excluding hydrogens is 314 g/mol. The number of esters is 1. The lowest BCUT2D eigenvalue weighted by Gasteiger charge is -2.12. The van der Waals surface area contributed by atoms with Crippen LogP contribution < -0.4 is 14.8 Å². The van der Waals surface area contributed by atoms with Gasteiger partial charge in [0.25, 0.3) is 5.91 Å². The number of hydrogen-bond donors (Lipinski definition) is 2. The second-order valence-corrected chi connectivity index (χ2v) is 4.74. The van der Waals surface area contributed by atoms with Gasteiger partial charge in [0.15, 0.2) is 0 Å². The Hall–Kier alpha value is -3.22. The summed E-state index contributed by atoms with van der Waals surface area (Å²) in [5.74, 6) is -0.563. The van der Waals surface area contributed by atoms with Crippen LogP contribution in [0.3, 0.4) is 0 Å². The number of rotatable bonds is 5. The molecule has 0 bridgehead atoms. The van der Waals surface area contributed by atoms with Gasteiger partial charge in [-0.1, -0.05) is 0 Å². The summed E-state index contributed by atoms with van der Waals surface area (Å²) in [6.45, 7) is 0. The quantitative estimate of drug-likeness (QED) is 0.817. The van der Waals surface area contributed by atoms with Crippen LogP contribution in [-0.4, -0.2) is 38.3 Å². The molecule has 0 fully saturated rings. The summed E-state index contributed by atoms with van der Waals surface area (Å²) in [5.41, 5.74) is 0.413. The van der Waals surface area contributed by atoms with Gasteiger partial charge in [0.1, 0.15) is 17.2 Å². The van der Waals surface area contributed by atoms with Crippen molar-refractivity contribution in [1.82, 2.24) is 0 Å². The van der Waals surface area contributed by atoms with Gasteiger partial charge < -0.3 is 24.6 Å². The number of nitrogens with one attached hydrogen (secondary N) is 1. The number of methoxy groups -OCH3 is 3. The van der Waals surface area contributed by atoms with Crippen LogP contribution in [-0.2, 0) is 4.74 Å². The first-order valence-corrected chi connectivity index (χ1v) is 6.95. The maximum absolute atomic E-state index is 12.4. The Morgan fingerprint density at radius 3 is 2.04 bits per heavy atom. The third-order valence-electron chi connectivity index (χ3n) is 3.33. The predicted molar refractivity (Wildman–Crippen MR) is 86.9 cm³/mol. The van der Waals surface area contributed by atoms with E-state index >= 15 is 0 Å². The Morgan fingerprint density at radius 2 is 1.50 bits per heavy atom. The summed E-state index contributed by atoms with van der Waals surface area (Å²) in [6.07, 6.45) is 0. The molecule has 0 unspecified atom stereocenters. The van der Waals surface area contributed by atoms with E-state index in [0.717, 1.165) is 0 Å². The second-order valence-electron chi connectivity index (χ2n) is 4.74. The summed E-state index contributed by atoms with van der Waals surface area (Å²) in [5, 5.41) is 12.5. The van der Waals surface area contributed by atoms with Crippen molar-refractivity contribution in [2.75, 3.05) is 26.6 Å². The number of phenols is 1. The number of aromatic hydroxyl groups is 1. The number of hydrogen-bond acceptors (Lipinski definition) is 6. The van der Waals surface area contributed by atoms with Gasteiger partial charge in [0.05, 0.1) is 38.1 Å². The minimum Gasteiger partial charge on any atom is -0.507 e. The first kappa shape index (κ1) is 17.1. The molecule has 2 rings (SSSR count). The van der Waals surface area contributed by atoms with Crippen molar-refractivity contribution in [3.05, 3.63) is 47.5 Å². The molecule has 2 N–H and O–H groups in total. The number of phenolic OH excluding ortho intramolecular Hbond substituents is 1. The molecule has 0 radical (unpaired) electrons. The Morgan fingerprint density at radius 1 is 0.917 bits per heavy atom. The Kier molecular flexibility index (Phi) is 5.26. The summed E-state index contributed by atoms with van der Waals surface area (Å²) in [4.78, 5) is 24.2. The lowest BCUT2D eigenvalue weighted by atomic mass is 10.1. The fourth-order valence-corrected chi connectivity index (χ4v) is 2.06. The summed E-state index contributed by atoms with van der Waals surface area (Å²) in [6, 6.07) is 8.83. The molecular formula is C17H17NO6. The zero-order chi connectivity index (χ0) is 17.7. The highest BCUT2D eigenvalue weighted by Gasteiger charge is 2.18. The van der Waals surface area contributed by atoms with E-state index in [9.17, 15) is 14.7 Å². The number of benzene rings is 2. The van der Waals surface area contributed by atoms with Gasteiger partial charge in [-0.05, 0) is 24.3 Å². The molecule has 126 valence electrons. The summed E-state index contributed by atoms with van der Waals surface area (Å²) < 4.78 is 14.8. The van der Waals surface area contributed by atoms with Crippen molar-refractivity contribution in [2.45, 2.75) is 0 Å². The molecule has 24 heavy (non-hydrogen) atoms. The Labute approximate surface area is 138 Å². The molecule has 1 amide bonds. The highest BCUT2D eigenvalue weighted by Crippen LogP contribution is 2.27. The van der Waals surface area contributed by atoms with Crippen LogP contribution in [0.2, 0.25) is 0 Å². The Balaban J connectivity index is 2.35. The number of carbonyl (C=O) groups excluding carboxylic acids is 2. The number of anilines is 1. The first-order valence-electron chi connectivity index (χ1n) is 6.95. The molecule has 0 atom stereocenters. The van der Waals surface area contributed by atoms with Crippen molar-refractivity contribution < 1.29 is 28.9 Å². The van der Waals surface area contributed by atoms with Gasteiger partial charge in [-0.15, -0.1) is 0 Å². The summed E-state index contributed by atoms with van der Waals surface area (Å²) >= 11 is 0. The van der Waals surface area contributed by atoms with Crippen LogP contribution in [0.25, 0.3) is 0 Å². The van der Waals surface area contributed by atoms with Gasteiger partial charge in [-0.3, -0.25) is 4.79 Å². The summed E-state index contributed by atoms with van der Waals surface area (Å²) in [7, 11) is 4.16. The van der Waals surface area contributed by atoms with Crippen LogP contribution >= 0.6 is 0 Å². The van der Waals surface area contributed by atoms with Crippen LogP contribution in [0.1, 0.15) is 20.7 Å². The van der Waals surface area contributed by atoms with E-state index in [2.05, 4.69) is 5.32 Å². The molecule has 0 aromatic heterocycles. The second kappa shape index (κ2) is 7.36. The van der Waals surface area contributed by atoms with Crippen molar-refractivity contribution in [2.24, 2.45) is 0 Å². The molecule has 7 heteroatoms. The number of carbonyl (C=O) groups is 2. The van der Waals surface area contributed by atoms with E-state index in [-0.39, 0.29) is 22.6 Å². The molecule has 0 saturated carbocycles. The topological polar surface area (TPSA) is 94.1 Å². The van der Waals surface area contributed by atoms with Gasteiger partial charge in [-0.2, -0.15) is 0 Å². The molecule has 0 aliphatic carbocycles. The number of amides is 1. The smallest absolute Gasteiger partial charge is 0.339 e. The van der Waals surface area contributed by atoms with Gasteiger partial charge in [-0.25, -0.2) is 4.79 Å². The fourth-order valence-electron chi connectivity index (χ4n) is 2.06. The molecule has 2 aromatic rings. The maximum Gasteiger partial charge on any atom is 0.339 e. The zero-order valence-electron chi connectivity index (χ0n) is 13.5. The average Bonchev–Trinajstić information content (AvgIpc) is 2.60. The van der Waals surface area contributed by atoms with Crippen molar-refractivity contribution in [3.8, 4) is 17.2 Å². The van der Waals surface area contributed by atoms with Gasteiger partial charge >= 0.3 is 5.97 Å². The van der Waals surface area contributed by atoms with Crippen molar-refractivity contribution in [1.29, 1.82) is 0 Å². The normalized spacial score (nSPS) is 9.96. The third kappa shape index (κ3) is 3.57. The van der Waals surface area contributed by atoms with E-state index in [0.29, 0.717) is 11.5 Å². The lowest BCUT2D eigenvalue weighted by Crippen LogP contribution is -2.15.